The van der Waals surface area contributed by atoms with Crippen LogP contribution in [-0.2, 0) is 25.3 Å². The molecule has 24 heavy (non-hydrogen) atoms. The second-order valence-electron chi connectivity index (χ2n) is 4.98. The van der Waals surface area contributed by atoms with Crippen LogP contribution in [0, 0.1) is 5.82 Å². The van der Waals surface area contributed by atoms with E-state index in [1.165, 1.54) is 19.2 Å². The summed E-state index contributed by atoms with van der Waals surface area (Å²) < 4.78 is 46.0. The fourth-order valence-corrected chi connectivity index (χ4v) is 3.73. The Morgan fingerprint density at radius 2 is 1.92 bits per heavy atom. The first-order valence-corrected chi connectivity index (χ1v) is 9.33. The molecule has 0 saturated carbocycles. The lowest BCUT2D eigenvalue weighted by Crippen LogP contribution is -2.35. The standard InChI is InChI=1S/C16H15BrFNO4S/c1-23-16(20)15(11-5-3-2-4-6-11)19-24(21,22)10-12-7-8-13(17)9-14(12)18/h2-9,15,19H,10H2,1H3/t15-/m1/s1. The van der Waals surface area contributed by atoms with Gasteiger partial charge in [0.2, 0.25) is 10.0 Å². The molecule has 5 nitrogen and oxygen atoms in total. The van der Waals surface area contributed by atoms with Crippen molar-refractivity contribution >= 4 is 31.9 Å². The van der Waals surface area contributed by atoms with Gasteiger partial charge in [-0.05, 0) is 17.7 Å². The molecule has 128 valence electrons. The van der Waals surface area contributed by atoms with Crippen molar-refractivity contribution in [1.29, 1.82) is 0 Å². The monoisotopic (exact) mass is 415 g/mol. The van der Waals surface area contributed by atoms with Gasteiger partial charge >= 0.3 is 5.97 Å². The van der Waals surface area contributed by atoms with Gasteiger partial charge in [0.05, 0.1) is 12.9 Å². The lowest BCUT2D eigenvalue weighted by Gasteiger charge is -2.17. The van der Waals surface area contributed by atoms with Crippen molar-refractivity contribution in [3.05, 3.63) is 69.9 Å². The Bertz CT molecular complexity index is 827. The molecule has 0 bridgehead atoms. The fourth-order valence-electron chi connectivity index (χ4n) is 2.08. The molecule has 0 saturated heterocycles. The maximum Gasteiger partial charge on any atom is 0.328 e. The summed E-state index contributed by atoms with van der Waals surface area (Å²) in [6, 6.07) is 11.2. The molecule has 0 heterocycles. The largest absolute Gasteiger partial charge is 0.468 e. The summed E-state index contributed by atoms with van der Waals surface area (Å²) in [4.78, 5) is 11.9. The fraction of sp³-hybridized carbons (Fsp3) is 0.188. The maximum absolute atomic E-state index is 13.9. The molecule has 0 aliphatic heterocycles. The average Bonchev–Trinajstić information content (AvgIpc) is 2.55. The number of halogens is 2. The smallest absolute Gasteiger partial charge is 0.328 e. The summed E-state index contributed by atoms with van der Waals surface area (Å²) in [5, 5.41) is 0. The first-order chi connectivity index (χ1) is 11.3. The van der Waals surface area contributed by atoms with Crippen molar-refractivity contribution in [1.82, 2.24) is 4.72 Å². The molecular weight excluding hydrogens is 401 g/mol. The summed E-state index contributed by atoms with van der Waals surface area (Å²) in [5.74, 6) is -1.99. The molecule has 1 N–H and O–H groups in total. The van der Waals surface area contributed by atoms with E-state index in [1.54, 1.807) is 36.4 Å². The third-order valence-corrected chi connectivity index (χ3v) is 5.01. The molecule has 2 aromatic carbocycles. The summed E-state index contributed by atoms with van der Waals surface area (Å²) in [6.07, 6.45) is 0. The van der Waals surface area contributed by atoms with Crippen molar-refractivity contribution in [2.75, 3.05) is 7.11 Å². The van der Waals surface area contributed by atoms with E-state index in [0.29, 0.717) is 10.0 Å². The van der Waals surface area contributed by atoms with Gasteiger partial charge in [0.1, 0.15) is 11.9 Å². The molecule has 0 aromatic heterocycles. The molecule has 8 heteroatoms. The van der Waals surface area contributed by atoms with Crippen LogP contribution in [0.15, 0.2) is 53.0 Å². The first-order valence-electron chi connectivity index (χ1n) is 6.89. The number of hydrogen-bond acceptors (Lipinski definition) is 4. The molecule has 0 aliphatic carbocycles. The minimum atomic E-state index is -3.98. The van der Waals surface area contributed by atoms with E-state index >= 15 is 0 Å². The van der Waals surface area contributed by atoms with E-state index in [2.05, 4.69) is 25.4 Å². The molecule has 1 atom stereocenters. The summed E-state index contributed by atoms with van der Waals surface area (Å²) in [6.45, 7) is 0. The van der Waals surface area contributed by atoms with Gasteiger partial charge in [-0.25, -0.2) is 17.6 Å². The Hall–Kier alpha value is -1.77. The predicted octanol–water partition coefficient (Wildman–Crippen LogP) is 2.92. The van der Waals surface area contributed by atoms with E-state index in [-0.39, 0.29) is 5.56 Å². The molecular formula is C16H15BrFNO4S. The number of carbonyl (C=O) groups excluding carboxylic acids is 1. The highest BCUT2D eigenvalue weighted by atomic mass is 79.9. The highest BCUT2D eigenvalue weighted by Gasteiger charge is 2.27. The molecule has 0 spiro atoms. The van der Waals surface area contributed by atoms with Crippen LogP contribution in [0.2, 0.25) is 0 Å². The normalized spacial score (nSPS) is 12.6. The Balaban J connectivity index is 2.25. The Labute approximate surface area is 148 Å². The third kappa shape index (κ3) is 4.86. The van der Waals surface area contributed by atoms with Gasteiger partial charge in [0.15, 0.2) is 0 Å². The van der Waals surface area contributed by atoms with Gasteiger partial charge < -0.3 is 4.74 Å². The van der Waals surface area contributed by atoms with Gasteiger partial charge in [0.25, 0.3) is 0 Å². The van der Waals surface area contributed by atoms with E-state index in [4.69, 9.17) is 0 Å². The number of hydrogen-bond donors (Lipinski definition) is 1. The van der Waals surface area contributed by atoms with Crippen LogP contribution < -0.4 is 4.72 Å². The zero-order valence-corrected chi connectivity index (χ0v) is 15.1. The van der Waals surface area contributed by atoms with Gasteiger partial charge in [-0.3, -0.25) is 0 Å². The van der Waals surface area contributed by atoms with E-state index in [0.717, 1.165) is 0 Å². The van der Waals surface area contributed by atoms with Crippen LogP contribution in [0.3, 0.4) is 0 Å². The van der Waals surface area contributed by atoms with Crippen molar-refractivity contribution in [3.8, 4) is 0 Å². The van der Waals surface area contributed by atoms with Gasteiger partial charge in [0, 0.05) is 10.0 Å². The number of ether oxygens (including phenoxy) is 1. The lowest BCUT2D eigenvalue weighted by atomic mass is 10.1. The van der Waals surface area contributed by atoms with Crippen LogP contribution in [0.5, 0.6) is 0 Å². The molecule has 0 aliphatic rings. The van der Waals surface area contributed by atoms with E-state index in [9.17, 15) is 17.6 Å². The van der Waals surface area contributed by atoms with Gasteiger partial charge in [-0.1, -0.05) is 52.3 Å². The molecule has 2 aromatic rings. The lowest BCUT2D eigenvalue weighted by molar-refractivity contribution is -0.142. The number of methoxy groups -OCH3 is 1. The van der Waals surface area contributed by atoms with Crippen LogP contribution in [0.4, 0.5) is 4.39 Å². The molecule has 0 unspecified atom stereocenters. The predicted molar refractivity (Wildman–Crippen MR) is 91.1 cm³/mol. The van der Waals surface area contributed by atoms with Crippen LogP contribution in [0.25, 0.3) is 0 Å². The van der Waals surface area contributed by atoms with Crippen molar-refractivity contribution in [2.24, 2.45) is 0 Å². The Morgan fingerprint density at radius 3 is 2.50 bits per heavy atom. The van der Waals surface area contributed by atoms with Crippen molar-refractivity contribution in [3.63, 3.8) is 0 Å². The summed E-state index contributed by atoms with van der Waals surface area (Å²) in [7, 11) is -2.81. The highest BCUT2D eigenvalue weighted by Crippen LogP contribution is 2.20. The number of esters is 1. The van der Waals surface area contributed by atoms with Crippen molar-refractivity contribution < 1.29 is 22.3 Å². The molecule has 2 rings (SSSR count). The van der Waals surface area contributed by atoms with Gasteiger partial charge in [-0.2, -0.15) is 4.72 Å². The Kier molecular flexibility index (Phi) is 6.09. The third-order valence-electron chi connectivity index (χ3n) is 3.23. The summed E-state index contributed by atoms with van der Waals surface area (Å²) >= 11 is 3.11. The number of benzene rings is 2. The molecule has 0 fully saturated rings. The topological polar surface area (TPSA) is 72.5 Å². The SMILES string of the molecule is COC(=O)[C@H](NS(=O)(=O)Cc1ccc(Br)cc1F)c1ccccc1. The zero-order chi connectivity index (χ0) is 17.7. The number of carbonyl (C=O) groups is 1. The highest BCUT2D eigenvalue weighted by molar-refractivity contribution is 9.10. The first kappa shape index (κ1) is 18.6. The maximum atomic E-state index is 13.9. The average molecular weight is 416 g/mol. The second-order valence-corrected chi connectivity index (χ2v) is 7.65. The minimum Gasteiger partial charge on any atom is -0.468 e. The number of nitrogens with one attached hydrogen (secondary N) is 1. The van der Waals surface area contributed by atoms with E-state index in [1.807, 2.05) is 0 Å². The molecule has 0 amide bonds. The number of sulfonamides is 1. The quantitative estimate of drug-likeness (QED) is 0.736. The van der Waals surface area contributed by atoms with Crippen LogP contribution in [0.1, 0.15) is 17.2 Å². The van der Waals surface area contributed by atoms with Crippen LogP contribution >= 0.6 is 15.9 Å². The van der Waals surface area contributed by atoms with Crippen LogP contribution in [-0.4, -0.2) is 21.5 Å². The van der Waals surface area contributed by atoms with Crippen molar-refractivity contribution in [2.45, 2.75) is 11.8 Å². The Morgan fingerprint density at radius 1 is 1.25 bits per heavy atom. The summed E-state index contributed by atoms with van der Waals surface area (Å²) in [5.41, 5.74) is 0.437. The van der Waals surface area contributed by atoms with E-state index < -0.39 is 33.6 Å². The minimum absolute atomic E-state index is 0.00220. The second kappa shape index (κ2) is 7.87. The zero-order valence-electron chi connectivity index (χ0n) is 12.7. The molecule has 0 radical (unpaired) electrons. The van der Waals surface area contributed by atoms with Gasteiger partial charge in [-0.15, -0.1) is 0 Å². The number of rotatable bonds is 6.